The molecule has 0 saturated heterocycles. The second-order valence-electron chi connectivity index (χ2n) is 20.8. The van der Waals surface area contributed by atoms with E-state index in [-0.39, 0.29) is 27.1 Å². The van der Waals surface area contributed by atoms with Gasteiger partial charge in [0.25, 0.3) is 0 Å². The fourth-order valence-electron chi connectivity index (χ4n) is 12.9. The molecule has 7 aliphatic rings. The van der Waals surface area contributed by atoms with Crippen LogP contribution in [0.3, 0.4) is 0 Å². The molecular formula is C50H59NS. The van der Waals surface area contributed by atoms with Crippen molar-refractivity contribution in [3.8, 4) is 0 Å². The standard InChI is InChI=1S/C50H59NS/c1-46(2)19-21-48(5,6)42-28-35(13-16-38(42)46)51(36-14-17-39-43(29-36)49(7,8)22-20-47(39,3)4)37-15-18-41-45(30-37)52-44-12-10-9-11-40(44)50(41)33-24-31-23-32(26-33)27-34(50)25-31/h9-18,28-34H,19-27H2,1-8H3. The van der Waals surface area contributed by atoms with Crippen LogP contribution >= 0.6 is 11.8 Å². The molecule has 4 aromatic rings. The Hall–Kier alpha value is -2.97. The van der Waals surface area contributed by atoms with Crippen molar-refractivity contribution in [2.75, 3.05) is 4.90 Å². The van der Waals surface area contributed by atoms with E-state index >= 15 is 0 Å². The van der Waals surface area contributed by atoms with Crippen molar-refractivity contribution in [1.82, 2.24) is 0 Å². The molecule has 0 atom stereocenters. The van der Waals surface area contributed by atoms with Crippen LogP contribution < -0.4 is 4.90 Å². The van der Waals surface area contributed by atoms with E-state index in [4.69, 9.17) is 0 Å². The zero-order valence-electron chi connectivity index (χ0n) is 33.0. The molecule has 2 heteroatoms. The van der Waals surface area contributed by atoms with E-state index in [1.54, 1.807) is 11.1 Å². The van der Waals surface area contributed by atoms with Gasteiger partial charge in [-0.2, -0.15) is 0 Å². The van der Waals surface area contributed by atoms with Gasteiger partial charge in [-0.05, 0) is 179 Å². The Morgan fingerprint density at radius 3 is 1.38 bits per heavy atom. The average molecular weight is 706 g/mol. The highest BCUT2D eigenvalue weighted by Gasteiger charge is 2.60. The van der Waals surface area contributed by atoms with E-state index in [2.05, 4.69) is 139 Å². The largest absolute Gasteiger partial charge is 0.310 e. The van der Waals surface area contributed by atoms with Crippen LogP contribution in [0.4, 0.5) is 17.1 Å². The second-order valence-corrected chi connectivity index (χ2v) is 21.9. The summed E-state index contributed by atoms with van der Waals surface area (Å²) < 4.78 is 0. The predicted octanol–water partition coefficient (Wildman–Crippen LogP) is 14.1. The van der Waals surface area contributed by atoms with Crippen molar-refractivity contribution in [3.63, 3.8) is 0 Å². The molecule has 1 heterocycles. The highest BCUT2D eigenvalue weighted by Crippen LogP contribution is 2.69. The molecule has 1 spiro atoms. The lowest BCUT2D eigenvalue weighted by Gasteiger charge is -2.63. The van der Waals surface area contributed by atoms with E-state index in [1.807, 2.05) is 11.8 Å². The molecule has 0 radical (unpaired) electrons. The highest BCUT2D eigenvalue weighted by molar-refractivity contribution is 7.99. The third-order valence-electron chi connectivity index (χ3n) is 15.8. The molecule has 4 saturated carbocycles. The minimum atomic E-state index is 0.148. The van der Waals surface area contributed by atoms with Crippen LogP contribution in [0.5, 0.6) is 0 Å². The summed E-state index contributed by atoms with van der Waals surface area (Å²) in [5.41, 5.74) is 14.1. The van der Waals surface area contributed by atoms with Gasteiger partial charge in [0.1, 0.15) is 0 Å². The normalized spacial score (nSPS) is 30.6. The molecule has 270 valence electrons. The summed E-state index contributed by atoms with van der Waals surface area (Å²) in [6.45, 7) is 19.7. The third-order valence-corrected chi connectivity index (χ3v) is 17.0. The van der Waals surface area contributed by atoms with Crippen molar-refractivity contribution in [2.24, 2.45) is 23.7 Å². The second kappa shape index (κ2) is 11.1. The molecule has 11 rings (SSSR count). The molecule has 4 bridgehead atoms. The van der Waals surface area contributed by atoms with Crippen LogP contribution in [0.2, 0.25) is 0 Å². The summed E-state index contributed by atoms with van der Waals surface area (Å²) in [4.78, 5) is 5.62. The zero-order valence-corrected chi connectivity index (χ0v) is 33.9. The van der Waals surface area contributed by atoms with Gasteiger partial charge >= 0.3 is 0 Å². The molecule has 0 unspecified atom stereocenters. The first kappa shape index (κ1) is 33.6. The van der Waals surface area contributed by atoms with E-state index in [0.717, 1.165) is 23.7 Å². The molecule has 4 fully saturated rings. The Kier molecular flexibility index (Phi) is 7.14. The molecule has 0 N–H and O–H groups in total. The van der Waals surface area contributed by atoms with Gasteiger partial charge in [-0.15, -0.1) is 0 Å². The number of nitrogens with zero attached hydrogens (tertiary/aromatic N) is 1. The smallest absolute Gasteiger partial charge is 0.0473 e. The maximum Gasteiger partial charge on any atom is 0.0473 e. The average Bonchev–Trinajstić information content (AvgIpc) is 3.10. The summed E-state index contributed by atoms with van der Waals surface area (Å²) >= 11 is 2.04. The van der Waals surface area contributed by atoms with Crippen molar-refractivity contribution >= 4 is 28.8 Å². The third kappa shape index (κ3) is 4.74. The fourth-order valence-corrected chi connectivity index (χ4v) is 14.2. The van der Waals surface area contributed by atoms with Crippen molar-refractivity contribution in [3.05, 3.63) is 112 Å². The topological polar surface area (TPSA) is 3.24 Å². The summed E-state index contributed by atoms with van der Waals surface area (Å²) in [6.07, 6.45) is 12.1. The molecule has 0 amide bonds. The van der Waals surface area contributed by atoms with E-state index in [9.17, 15) is 0 Å². The summed E-state index contributed by atoms with van der Waals surface area (Å²) in [5.74, 6) is 3.43. The number of anilines is 3. The van der Waals surface area contributed by atoms with Gasteiger partial charge in [-0.1, -0.05) is 104 Å². The van der Waals surface area contributed by atoms with Crippen LogP contribution in [-0.2, 0) is 27.1 Å². The first-order valence-electron chi connectivity index (χ1n) is 20.7. The molecule has 1 nitrogen and oxygen atoms in total. The summed E-state index contributed by atoms with van der Waals surface area (Å²) in [7, 11) is 0. The first-order chi connectivity index (χ1) is 24.7. The van der Waals surface area contributed by atoms with E-state index < -0.39 is 0 Å². The molecule has 6 aliphatic carbocycles. The fraction of sp³-hybridized carbons (Fsp3) is 0.520. The maximum atomic E-state index is 2.63. The lowest BCUT2D eigenvalue weighted by Crippen LogP contribution is -2.57. The number of rotatable bonds is 3. The van der Waals surface area contributed by atoms with Crippen molar-refractivity contribution in [1.29, 1.82) is 0 Å². The Labute approximate surface area is 318 Å². The number of fused-ring (bicyclic) bond motifs is 4. The molecule has 52 heavy (non-hydrogen) atoms. The van der Waals surface area contributed by atoms with E-state index in [1.165, 1.54) is 107 Å². The van der Waals surface area contributed by atoms with Crippen molar-refractivity contribution in [2.45, 2.75) is 150 Å². The van der Waals surface area contributed by atoms with Crippen molar-refractivity contribution < 1.29 is 0 Å². The Morgan fingerprint density at radius 2 is 0.865 bits per heavy atom. The van der Waals surface area contributed by atoms with Crippen LogP contribution in [0.1, 0.15) is 147 Å². The van der Waals surface area contributed by atoms with Crippen LogP contribution in [0, 0.1) is 23.7 Å². The van der Waals surface area contributed by atoms with Gasteiger partial charge in [0.05, 0.1) is 0 Å². The van der Waals surface area contributed by atoms with Gasteiger partial charge in [-0.3, -0.25) is 0 Å². The van der Waals surface area contributed by atoms with Gasteiger partial charge < -0.3 is 4.90 Å². The zero-order chi connectivity index (χ0) is 36.0. The van der Waals surface area contributed by atoms with Crippen LogP contribution in [0.15, 0.2) is 88.7 Å². The predicted molar refractivity (Wildman–Crippen MR) is 220 cm³/mol. The highest BCUT2D eigenvalue weighted by atomic mass is 32.2. The number of benzene rings is 4. The van der Waals surface area contributed by atoms with E-state index in [0.29, 0.717) is 0 Å². The molecular weight excluding hydrogens is 647 g/mol. The molecule has 1 aliphatic heterocycles. The minimum absolute atomic E-state index is 0.148. The van der Waals surface area contributed by atoms with Gasteiger partial charge in [-0.25, -0.2) is 0 Å². The molecule has 4 aromatic carbocycles. The van der Waals surface area contributed by atoms with Crippen LogP contribution in [0.25, 0.3) is 0 Å². The maximum absolute atomic E-state index is 2.63. The monoisotopic (exact) mass is 705 g/mol. The number of hydrogen-bond acceptors (Lipinski definition) is 2. The van der Waals surface area contributed by atoms with Gasteiger partial charge in [0.15, 0.2) is 0 Å². The Balaban J connectivity index is 1.18. The minimum Gasteiger partial charge on any atom is -0.310 e. The quantitative estimate of drug-likeness (QED) is 0.209. The summed E-state index contributed by atoms with van der Waals surface area (Å²) in [6, 6.07) is 32.3. The number of hydrogen-bond donors (Lipinski definition) is 0. The lowest BCUT2D eigenvalue weighted by atomic mass is 9.42. The van der Waals surface area contributed by atoms with Crippen LogP contribution in [-0.4, -0.2) is 0 Å². The first-order valence-corrected chi connectivity index (χ1v) is 21.5. The van der Waals surface area contributed by atoms with Gasteiger partial charge in [0, 0.05) is 32.3 Å². The Bertz CT molecular complexity index is 2000. The lowest BCUT2D eigenvalue weighted by molar-refractivity contribution is -0.0443. The Morgan fingerprint density at radius 1 is 0.442 bits per heavy atom. The SMILES string of the molecule is CC1(C)CCC(C)(C)c2cc(N(c3ccc4c(c3)Sc3ccccc3C43C4CC5CC(C4)CC3C5)c3ccc4c(c3)C(C)(C)CCC4(C)C)ccc21. The summed E-state index contributed by atoms with van der Waals surface area (Å²) in [5, 5.41) is 0. The molecule has 0 aromatic heterocycles. The van der Waals surface area contributed by atoms with Gasteiger partial charge in [0.2, 0.25) is 0 Å².